The molecule has 2 rings (SSSR count). The van der Waals surface area contributed by atoms with Crippen LogP contribution in [0.25, 0.3) is 0 Å². The standard InChI is InChI=1S/C18H22ClNO4/c1-3-5-9-20(10-6-4-2)16-15(19)17(23)13-11(21)7-8-12(22)14(13)18(16)24/h7-8,23-24H,3-6,9-10H2,1-2H3. The van der Waals surface area contributed by atoms with Crippen molar-refractivity contribution in [3.05, 3.63) is 28.3 Å². The molecule has 1 aliphatic rings. The monoisotopic (exact) mass is 351 g/mol. The van der Waals surface area contributed by atoms with Gasteiger partial charge in [0.05, 0.1) is 11.1 Å². The van der Waals surface area contributed by atoms with Crippen molar-refractivity contribution < 1.29 is 19.8 Å². The van der Waals surface area contributed by atoms with Gasteiger partial charge in [-0.25, -0.2) is 0 Å². The number of carbonyl (C=O) groups is 2. The molecule has 0 fully saturated rings. The molecule has 1 aliphatic carbocycles. The van der Waals surface area contributed by atoms with E-state index in [-0.39, 0.29) is 27.6 Å². The van der Waals surface area contributed by atoms with Gasteiger partial charge in [-0.05, 0) is 25.0 Å². The summed E-state index contributed by atoms with van der Waals surface area (Å²) in [6.45, 7) is 5.38. The molecule has 130 valence electrons. The van der Waals surface area contributed by atoms with Crippen molar-refractivity contribution in [2.75, 3.05) is 18.0 Å². The maximum absolute atomic E-state index is 12.1. The van der Waals surface area contributed by atoms with E-state index in [2.05, 4.69) is 13.8 Å². The third-order valence-corrected chi connectivity index (χ3v) is 4.48. The zero-order chi connectivity index (χ0) is 17.9. The average molecular weight is 352 g/mol. The van der Waals surface area contributed by atoms with Gasteiger partial charge in [-0.1, -0.05) is 38.3 Å². The molecule has 5 nitrogen and oxygen atoms in total. The van der Waals surface area contributed by atoms with Crippen LogP contribution in [-0.2, 0) is 0 Å². The molecule has 0 atom stereocenters. The third kappa shape index (κ3) is 3.26. The zero-order valence-corrected chi connectivity index (χ0v) is 14.7. The van der Waals surface area contributed by atoms with Gasteiger partial charge in [-0.15, -0.1) is 0 Å². The fraction of sp³-hybridized carbons (Fsp3) is 0.444. The minimum Gasteiger partial charge on any atom is -0.505 e. The number of aromatic hydroxyl groups is 2. The molecule has 0 spiro atoms. The highest BCUT2D eigenvalue weighted by Gasteiger charge is 2.33. The van der Waals surface area contributed by atoms with Crippen LogP contribution in [-0.4, -0.2) is 34.9 Å². The number of nitrogens with zero attached hydrogens (tertiary/aromatic N) is 1. The van der Waals surface area contributed by atoms with Crippen LogP contribution in [0.3, 0.4) is 0 Å². The van der Waals surface area contributed by atoms with Crippen molar-refractivity contribution in [1.29, 1.82) is 0 Å². The Morgan fingerprint density at radius 3 is 1.83 bits per heavy atom. The topological polar surface area (TPSA) is 77.8 Å². The molecule has 0 bridgehead atoms. The van der Waals surface area contributed by atoms with Crippen molar-refractivity contribution in [3.63, 3.8) is 0 Å². The highest BCUT2D eigenvalue weighted by molar-refractivity contribution is 6.37. The maximum Gasteiger partial charge on any atom is 0.190 e. The van der Waals surface area contributed by atoms with Crippen molar-refractivity contribution in [3.8, 4) is 11.5 Å². The van der Waals surface area contributed by atoms with E-state index in [1.165, 1.54) is 0 Å². The number of anilines is 1. The van der Waals surface area contributed by atoms with E-state index in [1.807, 2.05) is 4.90 Å². The van der Waals surface area contributed by atoms with Crippen LogP contribution in [0.2, 0.25) is 5.02 Å². The Hall–Kier alpha value is -2.01. The number of phenols is 2. The van der Waals surface area contributed by atoms with E-state index >= 15 is 0 Å². The number of allylic oxidation sites excluding steroid dienone is 2. The first-order valence-electron chi connectivity index (χ1n) is 8.23. The highest BCUT2D eigenvalue weighted by atomic mass is 35.5. The molecule has 24 heavy (non-hydrogen) atoms. The number of benzene rings is 1. The van der Waals surface area contributed by atoms with Gasteiger partial charge in [-0.2, -0.15) is 0 Å². The molecular weight excluding hydrogens is 330 g/mol. The number of unbranched alkanes of at least 4 members (excludes halogenated alkanes) is 2. The van der Waals surface area contributed by atoms with E-state index in [9.17, 15) is 19.8 Å². The van der Waals surface area contributed by atoms with Crippen LogP contribution < -0.4 is 4.90 Å². The van der Waals surface area contributed by atoms with Gasteiger partial charge in [0, 0.05) is 13.1 Å². The van der Waals surface area contributed by atoms with Crippen molar-refractivity contribution in [1.82, 2.24) is 0 Å². The van der Waals surface area contributed by atoms with Gasteiger partial charge in [0.2, 0.25) is 0 Å². The summed E-state index contributed by atoms with van der Waals surface area (Å²) >= 11 is 6.26. The van der Waals surface area contributed by atoms with Gasteiger partial charge in [0.1, 0.15) is 16.5 Å². The van der Waals surface area contributed by atoms with Gasteiger partial charge >= 0.3 is 0 Å². The van der Waals surface area contributed by atoms with Crippen molar-refractivity contribution in [2.24, 2.45) is 0 Å². The first-order valence-corrected chi connectivity index (χ1v) is 8.60. The minimum absolute atomic E-state index is 0.0880. The summed E-state index contributed by atoms with van der Waals surface area (Å²) in [7, 11) is 0. The molecular formula is C18H22ClNO4. The maximum atomic E-state index is 12.1. The van der Waals surface area contributed by atoms with Crippen LogP contribution in [0.15, 0.2) is 12.2 Å². The molecule has 0 unspecified atom stereocenters. The van der Waals surface area contributed by atoms with E-state index in [0.29, 0.717) is 13.1 Å². The number of phenolic OH excluding ortho intramolecular Hbond substituents is 2. The van der Waals surface area contributed by atoms with Crippen LogP contribution in [0.4, 0.5) is 5.69 Å². The summed E-state index contributed by atoms with van der Waals surface area (Å²) in [5, 5.41) is 20.9. The van der Waals surface area contributed by atoms with Crippen molar-refractivity contribution in [2.45, 2.75) is 39.5 Å². The second kappa shape index (κ2) is 7.71. The summed E-state index contributed by atoms with van der Waals surface area (Å²) in [4.78, 5) is 26.0. The molecule has 0 aliphatic heterocycles. The predicted octanol–water partition coefficient (Wildman–Crippen LogP) is 4.09. The Labute approximate surface area is 146 Å². The Bertz CT molecular complexity index is 689. The zero-order valence-electron chi connectivity index (χ0n) is 13.9. The van der Waals surface area contributed by atoms with Gasteiger partial charge in [0.15, 0.2) is 17.3 Å². The molecule has 0 amide bonds. The lowest BCUT2D eigenvalue weighted by Gasteiger charge is -2.28. The summed E-state index contributed by atoms with van der Waals surface area (Å²) in [5.41, 5.74) is -0.164. The molecule has 1 aromatic carbocycles. The fourth-order valence-electron chi connectivity index (χ4n) is 2.80. The number of fused-ring (bicyclic) bond motifs is 1. The van der Waals surface area contributed by atoms with E-state index < -0.39 is 17.3 Å². The normalized spacial score (nSPS) is 13.3. The van der Waals surface area contributed by atoms with E-state index in [1.54, 1.807) is 0 Å². The molecule has 1 aromatic rings. The van der Waals surface area contributed by atoms with Crippen LogP contribution in [0, 0.1) is 0 Å². The van der Waals surface area contributed by atoms with Crippen molar-refractivity contribution >= 4 is 28.9 Å². The summed E-state index contributed by atoms with van der Waals surface area (Å²) < 4.78 is 0. The number of carbonyl (C=O) groups excluding carboxylic acids is 2. The Morgan fingerprint density at radius 2 is 1.38 bits per heavy atom. The van der Waals surface area contributed by atoms with Gasteiger partial charge in [0.25, 0.3) is 0 Å². The second-order valence-electron chi connectivity index (χ2n) is 5.87. The smallest absolute Gasteiger partial charge is 0.190 e. The number of ketones is 2. The lowest BCUT2D eigenvalue weighted by atomic mass is 9.91. The second-order valence-corrected chi connectivity index (χ2v) is 6.24. The molecule has 0 aromatic heterocycles. The van der Waals surface area contributed by atoms with Crippen LogP contribution >= 0.6 is 11.6 Å². The SMILES string of the molecule is CCCCN(CCCC)c1c(O)c2c(c(O)c1Cl)C(=O)C=CC2=O. The lowest BCUT2D eigenvalue weighted by Crippen LogP contribution is -2.27. The average Bonchev–Trinajstić information content (AvgIpc) is 2.56. The third-order valence-electron chi connectivity index (χ3n) is 4.12. The summed E-state index contributed by atoms with van der Waals surface area (Å²) in [6.07, 6.45) is 5.85. The van der Waals surface area contributed by atoms with Gasteiger partial charge < -0.3 is 15.1 Å². The predicted molar refractivity (Wildman–Crippen MR) is 94.6 cm³/mol. The summed E-state index contributed by atoms with van der Waals surface area (Å²) in [5.74, 6) is -1.83. The van der Waals surface area contributed by atoms with E-state index in [4.69, 9.17) is 11.6 Å². The van der Waals surface area contributed by atoms with Gasteiger partial charge in [-0.3, -0.25) is 9.59 Å². The largest absolute Gasteiger partial charge is 0.505 e. The van der Waals surface area contributed by atoms with E-state index in [0.717, 1.165) is 37.8 Å². The van der Waals surface area contributed by atoms with Crippen LogP contribution in [0.1, 0.15) is 60.2 Å². The first kappa shape index (κ1) is 18.3. The lowest BCUT2D eigenvalue weighted by molar-refractivity contribution is 0.0989. The molecule has 0 heterocycles. The molecule has 0 radical (unpaired) electrons. The fourth-order valence-corrected chi connectivity index (χ4v) is 3.10. The van der Waals surface area contributed by atoms with Crippen LogP contribution in [0.5, 0.6) is 11.5 Å². The molecule has 6 heteroatoms. The number of hydrogen-bond donors (Lipinski definition) is 2. The Balaban J connectivity index is 2.62. The Kier molecular flexibility index (Phi) is 5.89. The summed E-state index contributed by atoms with van der Waals surface area (Å²) in [6, 6.07) is 0. The quantitative estimate of drug-likeness (QED) is 0.723. The number of rotatable bonds is 7. The molecule has 2 N–H and O–H groups in total. The molecule has 0 saturated heterocycles. The number of hydrogen-bond acceptors (Lipinski definition) is 5. The molecule has 0 saturated carbocycles. The number of halogens is 1. The Morgan fingerprint density at radius 1 is 0.917 bits per heavy atom. The minimum atomic E-state index is -0.542. The first-order chi connectivity index (χ1) is 11.4. The highest BCUT2D eigenvalue weighted by Crippen LogP contribution is 2.48.